The molecule has 0 saturated carbocycles. The molecular formula is C64H128N10O12. The molecule has 0 aliphatic carbocycles. The van der Waals surface area contributed by atoms with Crippen LogP contribution >= 0.6 is 0 Å². The lowest BCUT2D eigenvalue weighted by molar-refractivity contribution is -0.144. The highest BCUT2D eigenvalue weighted by Crippen LogP contribution is 2.21. The lowest BCUT2D eigenvalue weighted by Crippen LogP contribution is -2.49. The molecule has 86 heavy (non-hydrogen) atoms. The molecule has 506 valence electrons. The fourth-order valence-electron chi connectivity index (χ4n) is 10.2. The van der Waals surface area contributed by atoms with Gasteiger partial charge >= 0.3 is 36.1 Å². The summed E-state index contributed by atoms with van der Waals surface area (Å²) in [5.74, 6) is 0.287. The van der Waals surface area contributed by atoms with Crippen LogP contribution in [0.4, 0.5) is 19.2 Å². The summed E-state index contributed by atoms with van der Waals surface area (Å²) in [6.45, 7) is 13.4. The van der Waals surface area contributed by atoms with E-state index in [2.05, 4.69) is 50.1 Å². The van der Waals surface area contributed by atoms with Gasteiger partial charge in [-0.15, -0.1) is 0 Å². The number of carbonyl (C=O) groups is 6. The fourth-order valence-corrected chi connectivity index (χ4v) is 10.2. The highest BCUT2D eigenvalue weighted by atomic mass is 16.5. The summed E-state index contributed by atoms with van der Waals surface area (Å²) in [7, 11) is 0. The minimum atomic E-state index is -0.382. The van der Waals surface area contributed by atoms with Crippen LogP contribution in [-0.4, -0.2) is 143 Å². The Bertz CT molecular complexity index is 1570. The molecule has 8 amide bonds. The molecule has 5 atom stereocenters. The second-order valence-corrected chi connectivity index (χ2v) is 24.3. The number of carbonyl (C=O) groups excluding carboxylic acids is 6. The summed E-state index contributed by atoms with van der Waals surface area (Å²) in [5.41, 5.74) is 9.06. The first-order valence-electron chi connectivity index (χ1n) is 34.3. The molecule has 0 rings (SSSR count). The molecule has 0 bridgehead atoms. The van der Waals surface area contributed by atoms with Gasteiger partial charge in [-0.2, -0.15) is 0 Å². The van der Waals surface area contributed by atoms with Gasteiger partial charge in [-0.3, -0.25) is 9.59 Å². The quantitative estimate of drug-likeness (QED) is 0.0153. The molecular weight excluding hydrogens is 1100 g/mol. The number of hydroxylamine groups is 4. The first-order valence-corrected chi connectivity index (χ1v) is 34.3. The zero-order valence-corrected chi connectivity index (χ0v) is 54.8. The van der Waals surface area contributed by atoms with Crippen LogP contribution in [0.15, 0.2) is 0 Å². The normalized spacial score (nSPS) is 13.1. The Morgan fingerprint density at radius 2 is 0.570 bits per heavy atom. The van der Waals surface area contributed by atoms with Crippen molar-refractivity contribution >= 4 is 36.1 Å². The van der Waals surface area contributed by atoms with E-state index in [9.17, 15) is 28.8 Å². The topological polar surface area (TPSA) is 305 Å². The largest absolute Gasteiger partial charge is 0.466 e. The van der Waals surface area contributed by atoms with Crippen molar-refractivity contribution in [1.82, 2.24) is 53.0 Å². The Hall–Kier alpha value is -3.90. The zero-order chi connectivity index (χ0) is 63.5. The Balaban J connectivity index is 4.34. The number of hydrogen-bond donors (Lipinski definition) is 12. The number of esters is 2. The van der Waals surface area contributed by atoms with Gasteiger partial charge in [0.15, 0.2) is 0 Å². The summed E-state index contributed by atoms with van der Waals surface area (Å²) in [4.78, 5) is 80.0. The predicted molar refractivity (Wildman–Crippen MR) is 340 cm³/mol. The maximum absolute atomic E-state index is 13.1. The van der Waals surface area contributed by atoms with Crippen LogP contribution in [0, 0.1) is 5.92 Å². The van der Waals surface area contributed by atoms with E-state index in [4.69, 9.17) is 30.3 Å². The predicted octanol–water partition coefficient (Wildman–Crippen LogP) is 13.2. The standard InChI is InChI=1S/C64H128N10O12/c1-6-58(43-29-37-53-86-60(76)45-28-10-8-20-35-51-74(63(79)67-48-32-17-13-24-40-56(4)71-83)64(80)68-49-33-18-14-25-41-57(5)72-84)42-26-21-36-52-85-59(75)44-27-9-7-19-34-50-73(61(77)65-46-30-15-11-22-38-54(2)69-81)62(78)66-47-31-16-12-23-39-55(3)70-82/h54-58,69-72,81-84H,6-53H2,1-5H3,(H,65,77)(H,66,78)(H,67,79)(H,68,80). The van der Waals surface area contributed by atoms with Gasteiger partial charge in [0.1, 0.15) is 0 Å². The minimum Gasteiger partial charge on any atom is -0.466 e. The molecule has 0 fully saturated rings. The first-order chi connectivity index (χ1) is 41.7. The number of nitrogens with one attached hydrogen (secondary N) is 8. The van der Waals surface area contributed by atoms with E-state index in [1.165, 1.54) is 9.80 Å². The van der Waals surface area contributed by atoms with Crippen LogP contribution < -0.4 is 43.2 Å². The Morgan fingerprint density at radius 1 is 0.326 bits per heavy atom. The van der Waals surface area contributed by atoms with E-state index in [0.29, 0.717) is 84.1 Å². The van der Waals surface area contributed by atoms with E-state index >= 15 is 0 Å². The van der Waals surface area contributed by atoms with Crippen molar-refractivity contribution < 1.29 is 59.1 Å². The Labute approximate surface area is 520 Å². The van der Waals surface area contributed by atoms with Gasteiger partial charge in [0.25, 0.3) is 0 Å². The lowest BCUT2D eigenvalue weighted by Gasteiger charge is -2.22. The number of amides is 8. The van der Waals surface area contributed by atoms with Gasteiger partial charge < -0.3 is 51.6 Å². The number of imide groups is 2. The number of ether oxygens (including phenoxy) is 2. The molecule has 22 heteroatoms. The third-order valence-electron chi connectivity index (χ3n) is 16.1. The van der Waals surface area contributed by atoms with Crippen LogP contribution in [0.1, 0.15) is 291 Å². The van der Waals surface area contributed by atoms with Gasteiger partial charge in [0.05, 0.1) is 13.2 Å². The molecule has 0 radical (unpaired) electrons. The van der Waals surface area contributed by atoms with Crippen molar-refractivity contribution in [3.05, 3.63) is 0 Å². The number of unbranched alkanes of at least 4 members (excludes halogenated alkanes) is 23. The SMILES string of the molecule is CCC(CCCCCOC(=O)CCCCCCCN(C(=O)NCCCCCCC(C)NO)C(=O)NCCCCCCC(C)NO)CCCCOC(=O)CCCCCCCN(C(=O)NCCCCCCC(C)NO)C(=O)NCCCCCCC(C)NO. The van der Waals surface area contributed by atoms with Gasteiger partial charge in [0.2, 0.25) is 0 Å². The zero-order valence-electron chi connectivity index (χ0n) is 54.8. The number of rotatable bonds is 60. The van der Waals surface area contributed by atoms with E-state index in [1.54, 1.807) is 0 Å². The summed E-state index contributed by atoms with van der Waals surface area (Å²) in [6, 6.07) is -1.30. The van der Waals surface area contributed by atoms with Gasteiger partial charge in [-0.1, -0.05) is 155 Å². The monoisotopic (exact) mass is 1230 g/mol. The Kier molecular flexibility index (Phi) is 57.3. The van der Waals surface area contributed by atoms with Crippen LogP contribution in [0.3, 0.4) is 0 Å². The van der Waals surface area contributed by atoms with Crippen LogP contribution in [-0.2, 0) is 19.1 Å². The van der Waals surface area contributed by atoms with Crippen LogP contribution in [0.25, 0.3) is 0 Å². The summed E-state index contributed by atoms with van der Waals surface area (Å²) in [5, 5.41) is 47.7. The third-order valence-corrected chi connectivity index (χ3v) is 16.1. The van der Waals surface area contributed by atoms with Gasteiger partial charge in [-0.25, -0.2) is 50.9 Å². The summed E-state index contributed by atoms with van der Waals surface area (Å²) < 4.78 is 11.1. The summed E-state index contributed by atoms with van der Waals surface area (Å²) in [6.07, 6.45) is 35.5. The second-order valence-electron chi connectivity index (χ2n) is 24.3. The van der Waals surface area contributed by atoms with Crippen molar-refractivity contribution in [1.29, 1.82) is 0 Å². The average Bonchev–Trinajstić information content (AvgIpc) is 3.71. The molecule has 0 aliphatic rings. The molecule has 5 unspecified atom stereocenters. The maximum Gasteiger partial charge on any atom is 0.325 e. The smallest absolute Gasteiger partial charge is 0.325 e. The molecule has 0 aliphatic heterocycles. The molecule has 0 aromatic rings. The molecule has 0 spiro atoms. The molecule has 12 N–H and O–H groups in total. The average molecular weight is 1230 g/mol. The fraction of sp³-hybridized carbons (Fsp3) is 0.906. The maximum atomic E-state index is 13.1. The van der Waals surface area contributed by atoms with E-state index in [-0.39, 0.29) is 60.2 Å². The first kappa shape index (κ1) is 82.1. The third kappa shape index (κ3) is 51.0. The summed E-state index contributed by atoms with van der Waals surface area (Å²) >= 11 is 0. The van der Waals surface area contributed by atoms with Crippen molar-refractivity contribution in [2.75, 3.05) is 52.5 Å². The second kappa shape index (κ2) is 60.0. The van der Waals surface area contributed by atoms with Crippen LogP contribution in [0.2, 0.25) is 0 Å². The van der Waals surface area contributed by atoms with Gasteiger partial charge in [0, 0.05) is 76.3 Å². The molecule has 0 aromatic carbocycles. The van der Waals surface area contributed by atoms with Crippen molar-refractivity contribution in [3.8, 4) is 0 Å². The molecule has 0 aromatic heterocycles. The van der Waals surface area contributed by atoms with Crippen LogP contribution in [0.5, 0.6) is 0 Å². The number of urea groups is 4. The molecule has 0 saturated heterocycles. The van der Waals surface area contributed by atoms with Gasteiger partial charge in [-0.05, 0) is 130 Å². The van der Waals surface area contributed by atoms with Crippen molar-refractivity contribution in [2.45, 2.75) is 316 Å². The molecule has 22 nitrogen and oxygen atoms in total. The lowest BCUT2D eigenvalue weighted by atomic mass is 9.93. The van der Waals surface area contributed by atoms with E-state index in [1.807, 2.05) is 27.7 Å². The number of nitrogens with zero attached hydrogens (tertiary/aromatic N) is 2. The van der Waals surface area contributed by atoms with Crippen molar-refractivity contribution in [3.63, 3.8) is 0 Å². The highest BCUT2D eigenvalue weighted by Gasteiger charge is 2.22. The van der Waals surface area contributed by atoms with Crippen molar-refractivity contribution in [2.24, 2.45) is 5.92 Å². The number of hydrogen-bond acceptors (Lipinski definition) is 16. The van der Waals surface area contributed by atoms with E-state index < -0.39 is 0 Å². The Morgan fingerprint density at radius 3 is 0.884 bits per heavy atom. The van der Waals surface area contributed by atoms with E-state index in [0.717, 1.165) is 231 Å². The molecule has 0 heterocycles. The minimum absolute atomic E-state index is 0.0584. The highest BCUT2D eigenvalue weighted by molar-refractivity contribution is 5.94.